The van der Waals surface area contributed by atoms with Crippen LogP contribution in [0, 0.1) is 5.82 Å². The van der Waals surface area contributed by atoms with E-state index in [1.807, 2.05) is 11.8 Å². The molecule has 9 heteroatoms. The minimum atomic E-state index is -0.312. The van der Waals surface area contributed by atoms with Gasteiger partial charge in [-0.3, -0.25) is 9.79 Å². The fourth-order valence-corrected chi connectivity index (χ4v) is 3.49. The van der Waals surface area contributed by atoms with Gasteiger partial charge in [0, 0.05) is 38.4 Å². The maximum atomic E-state index is 14.0. The van der Waals surface area contributed by atoms with Crippen LogP contribution in [0.3, 0.4) is 0 Å². The van der Waals surface area contributed by atoms with Crippen LogP contribution in [0.15, 0.2) is 47.6 Å². The summed E-state index contributed by atoms with van der Waals surface area (Å²) in [6.07, 6.45) is 2.45. The molecule has 1 aliphatic heterocycles. The number of aliphatic imine (C=N–C) groups is 1. The van der Waals surface area contributed by atoms with Gasteiger partial charge < -0.3 is 20.9 Å². The number of guanidine groups is 1. The van der Waals surface area contributed by atoms with E-state index in [1.165, 1.54) is 6.07 Å². The van der Waals surface area contributed by atoms with E-state index < -0.39 is 0 Å². The van der Waals surface area contributed by atoms with Crippen molar-refractivity contribution < 1.29 is 9.18 Å². The van der Waals surface area contributed by atoms with Crippen molar-refractivity contribution in [3.05, 3.63) is 59.0 Å². The molecule has 160 valence electrons. The van der Waals surface area contributed by atoms with Crippen molar-refractivity contribution in [2.45, 2.75) is 19.4 Å². The van der Waals surface area contributed by atoms with Gasteiger partial charge in [-0.2, -0.15) is 0 Å². The van der Waals surface area contributed by atoms with Crippen molar-refractivity contribution >= 4 is 29.3 Å². The molecule has 1 aromatic carbocycles. The third-order valence-corrected chi connectivity index (χ3v) is 5.03. The number of amides is 1. The molecule has 1 fully saturated rings. The predicted molar refractivity (Wildman–Crippen MR) is 118 cm³/mol. The summed E-state index contributed by atoms with van der Waals surface area (Å²) in [6.45, 7) is 4.86. The molecule has 2 heterocycles. The van der Waals surface area contributed by atoms with E-state index in [0.29, 0.717) is 48.5 Å². The number of carbonyl (C=O) groups excluding carboxylic acids is 1. The smallest absolute Gasteiger partial charge is 0.252 e. The number of nitrogens with one attached hydrogen (secondary N) is 3. The van der Waals surface area contributed by atoms with Gasteiger partial charge in [0.2, 0.25) is 0 Å². The van der Waals surface area contributed by atoms with Crippen LogP contribution >= 0.6 is 11.6 Å². The molecule has 0 saturated carbocycles. The zero-order valence-electron chi connectivity index (χ0n) is 16.9. The first-order valence-electron chi connectivity index (χ1n) is 10.0. The average molecular weight is 433 g/mol. The van der Waals surface area contributed by atoms with Crippen LogP contribution in [0.1, 0.15) is 23.7 Å². The van der Waals surface area contributed by atoms with Crippen LogP contribution in [0.5, 0.6) is 0 Å². The maximum Gasteiger partial charge on any atom is 0.252 e. The quantitative estimate of drug-likeness (QED) is 0.355. The molecule has 0 spiro atoms. The van der Waals surface area contributed by atoms with Gasteiger partial charge in [0.05, 0.1) is 17.1 Å². The number of aromatic nitrogens is 1. The van der Waals surface area contributed by atoms with Crippen molar-refractivity contribution in [2.75, 3.05) is 37.6 Å². The zero-order chi connectivity index (χ0) is 21.3. The molecule has 1 amide bonds. The highest BCUT2D eigenvalue weighted by molar-refractivity contribution is 6.33. The number of halogens is 2. The first-order chi connectivity index (χ1) is 14.6. The Bertz CT molecular complexity index is 893. The van der Waals surface area contributed by atoms with E-state index in [2.05, 4.69) is 25.9 Å². The number of nitrogens with zero attached hydrogens (tertiary/aromatic N) is 3. The molecular weight excluding hydrogens is 407 g/mol. The number of carbonyl (C=O) groups is 1. The molecule has 1 atom stereocenters. The first kappa shape index (κ1) is 21.8. The molecule has 0 bridgehead atoms. The number of anilines is 1. The van der Waals surface area contributed by atoms with Crippen LogP contribution in [-0.4, -0.2) is 55.6 Å². The van der Waals surface area contributed by atoms with E-state index in [1.54, 1.807) is 36.5 Å². The van der Waals surface area contributed by atoms with Gasteiger partial charge in [0.25, 0.3) is 5.91 Å². The third-order valence-electron chi connectivity index (χ3n) is 4.70. The summed E-state index contributed by atoms with van der Waals surface area (Å²) in [4.78, 5) is 22.8. The van der Waals surface area contributed by atoms with Crippen LogP contribution in [-0.2, 0) is 0 Å². The Labute approximate surface area is 180 Å². The number of benzene rings is 1. The summed E-state index contributed by atoms with van der Waals surface area (Å²) >= 11 is 6.04. The standard InChI is InChI=1S/C21H26ClFN6O/c1-2-24-21(27-12-11-26-20(30)16-6-3-4-7-17(16)22)28-15-9-13-29(14-15)19-18(23)8-5-10-25-19/h3-8,10,15H,2,9,11-14H2,1H3,(H,26,30)(H2,24,27,28). The number of rotatable bonds is 7. The Kier molecular flexibility index (Phi) is 7.84. The Morgan fingerprint density at radius 2 is 2.13 bits per heavy atom. The Morgan fingerprint density at radius 3 is 2.90 bits per heavy atom. The summed E-state index contributed by atoms with van der Waals surface area (Å²) in [7, 11) is 0. The van der Waals surface area contributed by atoms with Gasteiger partial charge >= 0.3 is 0 Å². The van der Waals surface area contributed by atoms with E-state index in [4.69, 9.17) is 11.6 Å². The largest absolute Gasteiger partial charge is 0.357 e. The second kappa shape index (κ2) is 10.8. The maximum absolute atomic E-state index is 14.0. The van der Waals surface area contributed by atoms with Crippen molar-refractivity contribution in [1.82, 2.24) is 20.9 Å². The van der Waals surface area contributed by atoms with Gasteiger partial charge in [0.1, 0.15) is 0 Å². The normalized spacial score (nSPS) is 16.4. The molecule has 1 aromatic heterocycles. The fourth-order valence-electron chi connectivity index (χ4n) is 3.27. The third kappa shape index (κ3) is 5.82. The molecule has 1 aliphatic rings. The lowest BCUT2D eigenvalue weighted by Crippen LogP contribution is -2.45. The Morgan fingerprint density at radius 1 is 1.30 bits per heavy atom. The zero-order valence-corrected chi connectivity index (χ0v) is 17.6. The van der Waals surface area contributed by atoms with Gasteiger partial charge in [-0.1, -0.05) is 23.7 Å². The van der Waals surface area contributed by atoms with Crippen LogP contribution < -0.4 is 20.9 Å². The van der Waals surface area contributed by atoms with E-state index in [9.17, 15) is 9.18 Å². The van der Waals surface area contributed by atoms with Crippen molar-refractivity contribution in [3.8, 4) is 0 Å². The van der Waals surface area contributed by atoms with Gasteiger partial charge in [0.15, 0.2) is 17.6 Å². The van der Waals surface area contributed by atoms with Crippen molar-refractivity contribution in [3.63, 3.8) is 0 Å². The van der Waals surface area contributed by atoms with E-state index in [-0.39, 0.29) is 17.8 Å². The molecule has 3 N–H and O–H groups in total. The summed E-state index contributed by atoms with van der Waals surface area (Å²) < 4.78 is 14.0. The summed E-state index contributed by atoms with van der Waals surface area (Å²) in [6, 6.07) is 10.1. The SMILES string of the molecule is CCNC(=NCCNC(=O)c1ccccc1Cl)NC1CCN(c2ncccc2F)C1. The average Bonchev–Trinajstić information content (AvgIpc) is 3.20. The van der Waals surface area contributed by atoms with Gasteiger partial charge in [-0.05, 0) is 37.6 Å². The highest BCUT2D eigenvalue weighted by Gasteiger charge is 2.25. The Balaban J connectivity index is 1.49. The number of hydrogen-bond donors (Lipinski definition) is 3. The highest BCUT2D eigenvalue weighted by atomic mass is 35.5. The molecule has 3 rings (SSSR count). The lowest BCUT2D eigenvalue weighted by Gasteiger charge is -2.20. The lowest BCUT2D eigenvalue weighted by atomic mass is 10.2. The monoisotopic (exact) mass is 432 g/mol. The second-order valence-electron chi connectivity index (χ2n) is 6.88. The minimum Gasteiger partial charge on any atom is -0.357 e. The predicted octanol–water partition coefficient (Wildman–Crippen LogP) is 2.44. The summed E-state index contributed by atoms with van der Waals surface area (Å²) in [5, 5.41) is 9.82. The lowest BCUT2D eigenvalue weighted by molar-refractivity contribution is 0.0955. The summed E-state index contributed by atoms with van der Waals surface area (Å²) in [5.41, 5.74) is 0.445. The molecule has 2 aromatic rings. The molecule has 0 aliphatic carbocycles. The van der Waals surface area contributed by atoms with E-state index in [0.717, 1.165) is 13.0 Å². The number of pyridine rings is 1. The van der Waals surface area contributed by atoms with Crippen LogP contribution in [0.4, 0.5) is 10.2 Å². The van der Waals surface area contributed by atoms with E-state index >= 15 is 0 Å². The topological polar surface area (TPSA) is 81.6 Å². The molecular formula is C21H26ClFN6O. The van der Waals surface area contributed by atoms with Gasteiger partial charge in [-0.25, -0.2) is 9.37 Å². The fraction of sp³-hybridized carbons (Fsp3) is 0.381. The van der Waals surface area contributed by atoms with Crippen LogP contribution in [0.25, 0.3) is 0 Å². The molecule has 30 heavy (non-hydrogen) atoms. The van der Waals surface area contributed by atoms with Crippen molar-refractivity contribution in [1.29, 1.82) is 0 Å². The first-order valence-corrected chi connectivity index (χ1v) is 10.4. The van der Waals surface area contributed by atoms with Crippen molar-refractivity contribution in [2.24, 2.45) is 4.99 Å². The Hall–Kier alpha value is -2.87. The molecule has 1 saturated heterocycles. The second-order valence-corrected chi connectivity index (χ2v) is 7.29. The molecule has 7 nitrogen and oxygen atoms in total. The molecule has 1 unspecified atom stereocenters. The van der Waals surface area contributed by atoms with Gasteiger partial charge in [-0.15, -0.1) is 0 Å². The molecule has 0 radical (unpaired) electrons. The van der Waals surface area contributed by atoms with Crippen LogP contribution in [0.2, 0.25) is 5.02 Å². The minimum absolute atomic E-state index is 0.127. The number of hydrogen-bond acceptors (Lipinski definition) is 4. The highest BCUT2D eigenvalue weighted by Crippen LogP contribution is 2.20. The summed E-state index contributed by atoms with van der Waals surface area (Å²) in [5.74, 6) is 0.509.